The minimum Gasteiger partial charge on any atom is -0.475 e. The topological polar surface area (TPSA) is 96.6 Å². The molecule has 0 radical (unpaired) electrons. The van der Waals surface area contributed by atoms with Crippen molar-refractivity contribution in [1.29, 1.82) is 0 Å². The Morgan fingerprint density at radius 2 is 2.09 bits per heavy atom. The largest absolute Gasteiger partial charge is 0.475 e. The minimum atomic E-state index is -3.88. The number of rotatable bonds is 4. The van der Waals surface area contributed by atoms with E-state index in [0.717, 1.165) is 23.6 Å². The Hall–Kier alpha value is -1.64. The van der Waals surface area contributed by atoms with Gasteiger partial charge in [0.1, 0.15) is 4.90 Å². The Labute approximate surface area is 135 Å². The number of sulfonamides is 1. The summed E-state index contributed by atoms with van der Waals surface area (Å²) >= 11 is 2.95. The number of carboxylic acid groups (broad SMARTS) is 1. The van der Waals surface area contributed by atoms with E-state index in [-0.39, 0.29) is 15.6 Å². The quantitative estimate of drug-likeness (QED) is 0.842. The number of fused-ring (bicyclic) bond motifs is 1. The number of benzene rings is 1. The van der Waals surface area contributed by atoms with Gasteiger partial charge in [0.25, 0.3) is 0 Å². The van der Waals surface area contributed by atoms with Crippen LogP contribution in [0.25, 0.3) is 0 Å². The molecule has 3 rings (SSSR count). The standard InChI is InChI=1S/C14H12BrNO5S/c15-13-12(7-11(21-13)14(17)18)22(19,20)16-10-6-5-8-3-1-2-4-9(8)10/h1-4,7,10,16H,5-6H2,(H,17,18)/t10-/m0/s1. The first-order chi connectivity index (χ1) is 10.4. The van der Waals surface area contributed by atoms with Crippen molar-refractivity contribution in [2.24, 2.45) is 0 Å². The zero-order valence-corrected chi connectivity index (χ0v) is 13.6. The molecule has 1 aliphatic rings. The number of aromatic carboxylic acids is 1. The molecule has 6 nitrogen and oxygen atoms in total. The van der Waals surface area contributed by atoms with E-state index >= 15 is 0 Å². The van der Waals surface area contributed by atoms with Crippen molar-refractivity contribution < 1.29 is 22.7 Å². The molecule has 0 amide bonds. The lowest BCUT2D eigenvalue weighted by molar-refractivity contribution is 0.0661. The van der Waals surface area contributed by atoms with Gasteiger partial charge in [-0.1, -0.05) is 24.3 Å². The molecular weight excluding hydrogens is 374 g/mol. The highest BCUT2D eigenvalue weighted by Crippen LogP contribution is 2.33. The van der Waals surface area contributed by atoms with E-state index in [0.29, 0.717) is 6.42 Å². The fraction of sp³-hybridized carbons (Fsp3) is 0.214. The van der Waals surface area contributed by atoms with E-state index in [1.807, 2.05) is 24.3 Å². The third kappa shape index (κ3) is 2.69. The Kier molecular flexibility index (Phi) is 3.84. The maximum Gasteiger partial charge on any atom is 0.371 e. The summed E-state index contributed by atoms with van der Waals surface area (Å²) in [5.41, 5.74) is 2.07. The number of hydrogen-bond donors (Lipinski definition) is 2. The summed E-state index contributed by atoms with van der Waals surface area (Å²) < 4.78 is 32.3. The van der Waals surface area contributed by atoms with Gasteiger partial charge in [0.2, 0.25) is 15.8 Å². The maximum absolute atomic E-state index is 12.5. The van der Waals surface area contributed by atoms with E-state index < -0.39 is 21.8 Å². The van der Waals surface area contributed by atoms with Crippen LogP contribution in [0.4, 0.5) is 0 Å². The lowest BCUT2D eigenvalue weighted by atomic mass is 10.1. The molecule has 22 heavy (non-hydrogen) atoms. The number of carbonyl (C=O) groups is 1. The first-order valence-corrected chi connectivity index (χ1v) is 8.79. The van der Waals surface area contributed by atoms with Crippen LogP contribution in [0.15, 0.2) is 44.3 Å². The van der Waals surface area contributed by atoms with E-state index in [1.54, 1.807) is 0 Å². The molecule has 0 bridgehead atoms. The molecule has 1 aromatic heterocycles. The summed E-state index contributed by atoms with van der Waals surface area (Å²) in [4.78, 5) is 10.7. The molecular formula is C14H12BrNO5S. The molecule has 0 aliphatic heterocycles. The second-order valence-electron chi connectivity index (χ2n) is 4.97. The van der Waals surface area contributed by atoms with Crippen LogP contribution in [0, 0.1) is 0 Å². The van der Waals surface area contributed by atoms with E-state index in [1.165, 1.54) is 0 Å². The third-order valence-electron chi connectivity index (χ3n) is 3.59. The summed E-state index contributed by atoms with van der Waals surface area (Å²) in [7, 11) is -3.88. The number of hydrogen-bond acceptors (Lipinski definition) is 4. The first-order valence-electron chi connectivity index (χ1n) is 6.51. The Bertz CT molecular complexity index is 843. The summed E-state index contributed by atoms with van der Waals surface area (Å²) in [6.07, 6.45) is 1.47. The predicted molar refractivity (Wildman–Crippen MR) is 81.2 cm³/mol. The average molecular weight is 386 g/mol. The van der Waals surface area contributed by atoms with Crippen molar-refractivity contribution in [3.63, 3.8) is 0 Å². The Morgan fingerprint density at radius 3 is 2.77 bits per heavy atom. The van der Waals surface area contributed by atoms with Gasteiger partial charge in [-0.25, -0.2) is 17.9 Å². The van der Waals surface area contributed by atoms with Gasteiger partial charge in [0, 0.05) is 12.1 Å². The Morgan fingerprint density at radius 1 is 1.36 bits per heavy atom. The molecule has 116 valence electrons. The highest BCUT2D eigenvalue weighted by molar-refractivity contribution is 9.10. The molecule has 0 unspecified atom stereocenters. The maximum atomic E-state index is 12.5. The summed E-state index contributed by atoms with van der Waals surface area (Å²) in [5, 5.41) is 8.87. The van der Waals surface area contributed by atoms with Crippen LogP contribution in [0.1, 0.15) is 34.1 Å². The highest BCUT2D eigenvalue weighted by atomic mass is 79.9. The molecule has 0 saturated heterocycles. The molecule has 0 spiro atoms. The van der Waals surface area contributed by atoms with Crippen LogP contribution in [-0.2, 0) is 16.4 Å². The second-order valence-corrected chi connectivity index (χ2v) is 7.37. The number of halogens is 1. The van der Waals surface area contributed by atoms with Gasteiger partial charge in [-0.2, -0.15) is 0 Å². The van der Waals surface area contributed by atoms with Crippen molar-refractivity contribution >= 4 is 31.9 Å². The lowest BCUT2D eigenvalue weighted by Gasteiger charge is -2.13. The molecule has 1 atom stereocenters. The molecule has 1 aromatic carbocycles. The summed E-state index contributed by atoms with van der Waals surface area (Å²) in [6.45, 7) is 0. The van der Waals surface area contributed by atoms with Gasteiger partial charge >= 0.3 is 5.97 Å². The smallest absolute Gasteiger partial charge is 0.371 e. The number of aryl methyl sites for hydroxylation is 1. The van der Waals surface area contributed by atoms with Crippen LogP contribution in [0.2, 0.25) is 0 Å². The van der Waals surface area contributed by atoms with Gasteiger partial charge in [-0.15, -0.1) is 0 Å². The molecule has 2 aromatic rings. The van der Waals surface area contributed by atoms with Gasteiger partial charge in [-0.3, -0.25) is 0 Å². The predicted octanol–water partition coefficient (Wildman–Crippen LogP) is 2.71. The van der Waals surface area contributed by atoms with Crippen molar-refractivity contribution in [3.05, 3.63) is 51.9 Å². The van der Waals surface area contributed by atoms with Gasteiger partial charge in [0.05, 0.1) is 0 Å². The second kappa shape index (κ2) is 5.53. The van der Waals surface area contributed by atoms with Crippen LogP contribution < -0.4 is 4.72 Å². The number of carboxylic acids is 1. The lowest BCUT2D eigenvalue weighted by Crippen LogP contribution is -2.27. The van der Waals surface area contributed by atoms with Crippen molar-refractivity contribution in [1.82, 2.24) is 4.72 Å². The fourth-order valence-corrected chi connectivity index (χ4v) is 4.76. The average Bonchev–Trinajstić information content (AvgIpc) is 3.03. The fourth-order valence-electron chi connectivity index (χ4n) is 2.57. The molecule has 1 heterocycles. The summed E-state index contributed by atoms with van der Waals surface area (Å²) in [5.74, 6) is -1.76. The van der Waals surface area contributed by atoms with Gasteiger partial charge < -0.3 is 9.52 Å². The van der Waals surface area contributed by atoms with E-state index in [2.05, 4.69) is 20.7 Å². The molecule has 1 aliphatic carbocycles. The normalized spacial score (nSPS) is 17.4. The zero-order valence-electron chi connectivity index (χ0n) is 11.2. The monoisotopic (exact) mass is 385 g/mol. The highest BCUT2D eigenvalue weighted by Gasteiger charge is 2.30. The molecule has 0 saturated carbocycles. The van der Waals surface area contributed by atoms with Crippen molar-refractivity contribution in [2.45, 2.75) is 23.8 Å². The van der Waals surface area contributed by atoms with E-state index in [9.17, 15) is 13.2 Å². The van der Waals surface area contributed by atoms with Gasteiger partial charge in [-0.05, 0) is 39.9 Å². The number of furan rings is 1. The van der Waals surface area contributed by atoms with Crippen molar-refractivity contribution in [2.75, 3.05) is 0 Å². The SMILES string of the molecule is O=C(O)c1cc(S(=O)(=O)N[C@H]2CCc3ccccc32)c(Br)o1. The first kappa shape index (κ1) is 15.3. The number of nitrogens with one attached hydrogen (secondary N) is 1. The van der Waals surface area contributed by atoms with E-state index in [4.69, 9.17) is 9.52 Å². The summed E-state index contributed by atoms with van der Waals surface area (Å²) in [6, 6.07) is 8.32. The van der Waals surface area contributed by atoms with Crippen molar-refractivity contribution in [3.8, 4) is 0 Å². The zero-order chi connectivity index (χ0) is 15.9. The van der Waals surface area contributed by atoms with Crippen LogP contribution in [0.3, 0.4) is 0 Å². The minimum absolute atomic E-state index is 0.122. The third-order valence-corrected chi connectivity index (χ3v) is 5.91. The van der Waals surface area contributed by atoms with Gasteiger partial charge in [0.15, 0.2) is 4.67 Å². The van der Waals surface area contributed by atoms with Crippen LogP contribution in [-0.4, -0.2) is 19.5 Å². The molecule has 8 heteroatoms. The molecule has 0 fully saturated rings. The molecule has 2 N–H and O–H groups in total. The Balaban J connectivity index is 1.91. The van der Waals surface area contributed by atoms with Crippen LogP contribution >= 0.6 is 15.9 Å². The van der Waals surface area contributed by atoms with Crippen LogP contribution in [0.5, 0.6) is 0 Å².